The van der Waals surface area contributed by atoms with Gasteiger partial charge in [-0.25, -0.2) is 9.86 Å². The first-order valence-corrected chi connectivity index (χ1v) is 6.36. The standard InChI is InChI=1S/C11H20BN2O5/c1-3-7(2)9(12-18-6-13)10(15)14-8(11(16)17)4-5-19-14/h7-9H,3-6,13H2,1-2H3,(H,16,17)/t7?,8?,9-/m0/s1. The lowest BCUT2D eigenvalue weighted by atomic mass is 9.70. The van der Waals surface area contributed by atoms with Gasteiger partial charge in [-0.15, -0.1) is 0 Å². The van der Waals surface area contributed by atoms with E-state index in [-0.39, 0.29) is 19.3 Å². The average Bonchev–Trinajstić information content (AvgIpc) is 2.87. The van der Waals surface area contributed by atoms with Crippen molar-refractivity contribution in [2.75, 3.05) is 13.3 Å². The second-order valence-corrected chi connectivity index (χ2v) is 4.52. The average molecular weight is 271 g/mol. The number of nitrogens with two attached hydrogens (primary N) is 1. The summed E-state index contributed by atoms with van der Waals surface area (Å²) in [6.07, 6.45) is 1.05. The number of carbonyl (C=O) groups excluding carboxylic acids is 1. The SMILES string of the molecule is CCC(C)[C@H]([B]OCN)C(=O)N1OCCC1C(=O)O. The number of carbonyl (C=O) groups is 2. The summed E-state index contributed by atoms with van der Waals surface area (Å²) in [5, 5.41) is 10.0. The molecule has 7 nitrogen and oxygen atoms in total. The summed E-state index contributed by atoms with van der Waals surface area (Å²) in [6, 6.07) is -0.926. The number of hydrogen-bond acceptors (Lipinski definition) is 5. The number of rotatable bonds is 7. The van der Waals surface area contributed by atoms with Gasteiger partial charge in [-0.3, -0.25) is 9.63 Å². The Morgan fingerprint density at radius 3 is 2.84 bits per heavy atom. The van der Waals surface area contributed by atoms with Crippen LogP contribution in [0.5, 0.6) is 0 Å². The van der Waals surface area contributed by atoms with E-state index in [0.717, 1.165) is 11.5 Å². The molecular formula is C11H20BN2O5. The zero-order valence-electron chi connectivity index (χ0n) is 11.2. The highest BCUT2D eigenvalue weighted by molar-refractivity contribution is 6.37. The molecule has 107 valence electrons. The van der Waals surface area contributed by atoms with Crippen molar-refractivity contribution < 1.29 is 24.2 Å². The molecule has 0 aromatic carbocycles. The smallest absolute Gasteiger partial charge is 0.329 e. The molecule has 1 aliphatic heterocycles. The summed E-state index contributed by atoms with van der Waals surface area (Å²) in [5.41, 5.74) is 5.24. The molecule has 0 aromatic rings. The van der Waals surface area contributed by atoms with E-state index in [0.29, 0.717) is 6.42 Å². The van der Waals surface area contributed by atoms with Gasteiger partial charge in [-0.1, -0.05) is 20.3 Å². The molecule has 0 saturated carbocycles. The minimum absolute atomic E-state index is 0.0118. The molecule has 3 N–H and O–H groups in total. The molecule has 0 spiro atoms. The number of hydroxylamine groups is 2. The van der Waals surface area contributed by atoms with Crippen LogP contribution < -0.4 is 5.73 Å². The first kappa shape index (κ1) is 15.9. The van der Waals surface area contributed by atoms with Crippen LogP contribution in [0, 0.1) is 5.92 Å². The van der Waals surface area contributed by atoms with Crippen LogP contribution in [0.4, 0.5) is 0 Å². The van der Waals surface area contributed by atoms with Gasteiger partial charge in [0.15, 0.2) is 6.04 Å². The Morgan fingerprint density at radius 1 is 1.63 bits per heavy atom. The van der Waals surface area contributed by atoms with Gasteiger partial charge in [0.1, 0.15) is 0 Å². The second-order valence-electron chi connectivity index (χ2n) is 4.52. The van der Waals surface area contributed by atoms with E-state index in [1.54, 1.807) is 0 Å². The first-order chi connectivity index (χ1) is 9.02. The van der Waals surface area contributed by atoms with E-state index in [2.05, 4.69) is 0 Å². The molecule has 8 heteroatoms. The molecule has 1 radical (unpaired) electrons. The Kier molecular flexibility index (Phi) is 6.27. The van der Waals surface area contributed by atoms with Gasteiger partial charge in [0, 0.05) is 12.2 Å². The van der Waals surface area contributed by atoms with Crippen molar-refractivity contribution in [1.29, 1.82) is 0 Å². The normalized spacial score (nSPS) is 22.1. The van der Waals surface area contributed by atoms with E-state index in [1.807, 2.05) is 13.8 Å². The van der Waals surface area contributed by atoms with Crippen molar-refractivity contribution in [1.82, 2.24) is 5.06 Å². The van der Waals surface area contributed by atoms with Crippen LogP contribution in [-0.4, -0.2) is 48.9 Å². The van der Waals surface area contributed by atoms with Crippen LogP contribution >= 0.6 is 0 Å². The molecule has 0 aliphatic carbocycles. The number of carboxylic acid groups (broad SMARTS) is 1. The van der Waals surface area contributed by atoms with Crippen LogP contribution in [0.15, 0.2) is 0 Å². The molecule has 1 amide bonds. The topological polar surface area (TPSA) is 102 Å². The van der Waals surface area contributed by atoms with Gasteiger partial charge in [0.2, 0.25) is 5.91 Å². The summed E-state index contributed by atoms with van der Waals surface area (Å²) in [5.74, 6) is -2.01. The second kappa shape index (κ2) is 7.47. The zero-order chi connectivity index (χ0) is 14.4. The molecule has 1 fully saturated rings. The van der Waals surface area contributed by atoms with Crippen molar-refractivity contribution in [2.45, 2.75) is 38.5 Å². The van der Waals surface area contributed by atoms with Gasteiger partial charge in [0.05, 0.1) is 13.3 Å². The summed E-state index contributed by atoms with van der Waals surface area (Å²) in [7, 11) is 1.37. The third-order valence-corrected chi connectivity index (χ3v) is 3.29. The Labute approximate surface area is 113 Å². The highest BCUT2D eigenvalue weighted by Crippen LogP contribution is 2.27. The number of amides is 1. The van der Waals surface area contributed by atoms with Crippen molar-refractivity contribution in [3.63, 3.8) is 0 Å². The fourth-order valence-electron chi connectivity index (χ4n) is 1.91. The van der Waals surface area contributed by atoms with E-state index < -0.39 is 23.7 Å². The monoisotopic (exact) mass is 271 g/mol. The van der Waals surface area contributed by atoms with E-state index in [1.165, 1.54) is 7.48 Å². The fraction of sp³-hybridized carbons (Fsp3) is 0.818. The molecular weight excluding hydrogens is 251 g/mol. The van der Waals surface area contributed by atoms with E-state index >= 15 is 0 Å². The summed E-state index contributed by atoms with van der Waals surface area (Å²) < 4.78 is 5.00. The van der Waals surface area contributed by atoms with Gasteiger partial charge in [-0.2, -0.15) is 0 Å². The van der Waals surface area contributed by atoms with Crippen LogP contribution in [-0.2, 0) is 19.1 Å². The Hall–Kier alpha value is -1.12. The molecule has 2 unspecified atom stereocenters. The highest BCUT2D eigenvalue weighted by Gasteiger charge is 2.40. The first-order valence-electron chi connectivity index (χ1n) is 6.36. The molecule has 3 atom stereocenters. The van der Waals surface area contributed by atoms with Crippen LogP contribution in [0.25, 0.3) is 0 Å². The van der Waals surface area contributed by atoms with Gasteiger partial charge >= 0.3 is 13.5 Å². The molecule has 1 rings (SSSR count). The quantitative estimate of drug-likeness (QED) is 0.498. The molecule has 0 aromatic heterocycles. The van der Waals surface area contributed by atoms with Crippen molar-refractivity contribution >= 4 is 19.4 Å². The molecule has 1 heterocycles. The molecule has 1 saturated heterocycles. The Bertz CT molecular complexity index is 328. The maximum Gasteiger partial charge on any atom is 0.329 e. The zero-order valence-corrected chi connectivity index (χ0v) is 11.2. The largest absolute Gasteiger partial charge is 0.480 e. The summed E-state index contributed by atoms with van der Waals surface area (Å²) in [4.78, 5) is 28.5. The molecule has 19 heavy (non-hydrogen) atoms. The minimum Gasteiger partial charge on any atom is -0.480 e. The molecule has 0 bridgehead atoms. The van der Waals surface area contributed by atoms with Gasteiger partial charge in [-0.05, 0) is 5.92 Å². The lowest BCUT2D eigenvalue weighted by Crippen LogP contribution is -2.44. The third-order valence-electron chi connectivity index (χ3n) is 3.29. The van der Waals surface area contributed by atoms with E-state index in [9.17, 15) is 9.59 Å². The maximum atomic E-state index is 12.4. The van der Waals surface area contributed by atoms with Crippen LogP contribution in [0.2, 0.25) is 5.82 Å². The van der Waals surface area contributed by atoms with Crippen LogP contribution in [0.1, 0.15) is 26.7 Å². The number of nitrogens with zero attached hydrogens (tertiary/aromatic N) is 1. The van der Waals surface area contributed by atoms with Crippen molar-refractivity contribution in [3.05, 3.63) is 0 Å². The predicted molar refractivity (Wildman–Crippen MR) is 67.9 cm³/mol. The lowest BCUT2D eigenvalue weighted by molar-refractivity contribution is -0.184. The Morgan fingerprint density at radius 2 is 2.32 bits per heavy atom. The number of carboxylic acids is 1. The minimum atomic E-state index is -1.06. The maximum absolute atomic E-state index is 12.4. The predicted octanol–water partition coefficient (Wildman–Crippen LogP) is -0.00990. The van der Waals surface area contributed by atoms with Crippen molar-refractivity contribution in [3.8, 4) is 0 Å². The van der Waals surface area contributed by atoms with Crippen molar-refractivity contribution in [2.24, 2.45) is 11.7 Å². The van der Waals surface area contributed by atoms with E-state index in [4.69, 9.17) is 20.3 Å². The fourth-order valence-corrected chi connectivity index (χ4v) is 1.91. The Balaban J connectivity index is 2.77. The number of hydrogen-bond donors (Lipinski definition) is 2. The molecule has 1 aliphatic rings. The lowest BCUT2D eigenvalue weighted by Gasteiger charge is -2.27. The van der Waals surface area contributed by atoms with Gasteiger partial charge < -0.3 is 15.5 Å². The summed E-state index contributed by atoms with van der Waals surface area (Å²) >= 11 is 0. The highest BCUT2D eigenvalue weighted by atomic mass is 16.7. The van der Waals surface area contributed by atoms with Crippen LogP contribution in [0.3, 0.4) is 0 Å². The number of aliphatic carboxylic acids is 1. The summed E-state index contributed by atoms with van der Waals surface area (Å²) in [6.45, 7) is 4.04. The van der Waals surface area contributed by atoms with Gasteiger partial charge in [0.25, 0.3) is 0 Å². The third kappa shape index (κ3) is 3.92.